The number of hydrogen-bond donors (Lipinski definition) is 1. The molecule has 0 aliphatic rings. The predicted octanol–water partition coefficient (Wildman–Crippen LogP) is 4.27. The fourth-order valence-electron chi connectivity index (χ4n) is 2.17. The minimum Gasteiger partial charge on any atom is -0.355 e. The van der Waals surface area contributed by atoms with Crippen molar-refractivity contribution in [1.82, 2.24) is 5.16 Å². The van der Waals surface area contributed by atoms with E-state index in [0.717, 1.165) is 22.6 Å². The Kier molecular flexibility index (Phi) is 4.18. The highest BCUT2D eigenvalue weighted by atomic mass is 32.2. The first-order valence-corrected chi connectivity index (χ1v) is 9.40. The highest BCUT2D eigenvalue weighted by Gasteiger charge is 2.21. The van der Waals surface area contributed by atoms with Crippen molar-refractivity contribution < 1.29 is 17.3 Å². The van der Waals surface area contributed by atoms with Gasteiger partial charge in [0.15, 0.2) is 5.76 Å². The van der Waals surface area contributed by atoms with Gasteiger partial charge < -0.3 is 4.52 Å². The topological polar surface area (TPSA) is 72.2 Å². The number of hydrogen-bond acceptors (Lipinski definition) is 5. The van der Waals surface area contributed by atoms with E-state index in [0.29, 0.717) is 21.9 Å². The molecule has 0 radical (unpaired) electrons. The number of anilines is 1. The molecule has 24 heavy (non-hydrogen) atoms. The van der Waals surface area contributed by atoms with Crippen molar-refractivity contribution >= 4 is 27.0 Å². The van der Waals surface area contributed by atoms with Crippen molar-refractivity contribution in [3.63, 3.8) is 0 Å². The number of halogens is 1. The van der Waals surface area contributed by atoms with Crippen LogP contribution in [-0.2, 0) is 10.0 Å². The molecule has 0 atom stereocenters. The maximum atomic E-state index is 13.1. The lowest BCUT2D eigenvalue weighted by atomic mass is 10.2. The molecule has 0 fully saturated rings. The molecular weight excluding hydrogens is 351 g/mol. The van der Waals surface area contributed by atoms with Crippen LogP contribution in [0.3, 0.4) is 0 Å². The van der Waals surface area contributed by atoms with Crippen LogP contribution in [0.2, 0.25) is 0 Å². The Hall–Kier alpha value is -2.19. The van der Waals surface area contributed by atoms with E-state index in [9.17, 15) is 12.8 Å². The van der Waals surface area contributed by atoms with Gasteiger partial charge in [0.25, 0.3) is 10.0 Å². The average Bonchev–Trinajstić information content (AvgIpc) is 3.11. The zero-order chi connectivity index (χ0) is 17.5. The molecule has 1 N–H and O–H groups in total. The third-order valence-electron chi connectivity index (χ3n) is 3.66. The van der Waals surface area contributed by atoms with Gasteiger partial charge >= 0.3 is 0 Å². The number of rotatable bonds is 4. The minimum atomic E-state index is -3.76. The fourth-order valence-corrected chi connectivity index (χ4v) is 4.64. The van der Waals surface area contributed by atoms with Crippen LogP contribution in [0.1, 0.15) is 16.8 Å². The molecule has 5 nitrogen and oxygen atoms in total. The number of aromatic nitrogens is 1. The first kappa shape index (κ1) is 16.7. The second kappa shape index (κ2) is 6.03. The Bertz CT molecular complexity index is 1010. The molecule has 2 heterocycles. The molecule has 0 saturated carbocycles. The maximum Gasteiger partial charge on any atom is 0.271 e. The Morgan fingerprint density at radius 3 is 2.54 bits per heavy atom. The second-order valence-electron chi connectivity index (χ2n) is 5.41. The monoisotopic (exact) mass is 366 g/mol. The fraction of sp³-hybridized carbons (Fsp3) is 0.188. The molecule has 2 aromatic heterocycles. The third kappa shape index (κ3) is 3.07. The molecule has 1 aromatic carbocycles. The number of nitrogens with one attached hydrogen (secondary N) is 1. The van der Waals surface area contributed by atoms with E-state index in [-0.39, 0.29) is 4.21 Å². The molecule has 0 unspecified atom stereocenters. The summed E-state index contributed by atoms with van der Waals surface area (Å²) in [4.78, 5) is 0.685. The van der Waals surface area contributed by atoms with Gasteiger partial charge in [-0.15, -0.1) is 11.3 Å². The van der Waals surface area contributed by atoms with Gasteiger partial charge in [0.2, 0.25) is 0 Å². The van der Waals surface area contributed by atoms with E-state index < -0.39 is 15.8 Å². The molecule has 8 heteroatoms. The Balaban J connectivity index is 1.92. The number of sulfonamides is 1. The van der Waals surface area contributed by atoms with Gasteiger partial charge in [-0.05, 0) is 56.7 Å². The summed E-state index contributed by atoms with van der Waals surface area (Å²) >= 11 is 1.09. The zero-order valence-electron chi connectivity index (χ0n) is 13.3. The summed E-state index contributed by atoms with van der Waals surface area (Å²) in [6.07, 6.45) is 0. The number of benzene rings is 1. The van der Waals surface area contributed by atoms with Gasteiger partial charge in [0.05, 0.1) is 16.3 Å². The van der Waals surface area contributed by atoms with Crippen LogP contribution in [0.5, 0.6) is 0 Å². The van der Waals surface area contributed by atoms with Crippen LogP contribution >= 0.6 is 11.3 Å². The Morgan fingerprint density at radius 2 is 1.92 bits per heavy atom. The smallest absolute Gasteiger partial charge is 0.271 e. The van der Waals surface area contributed by atoms with Crippen LogP contribution in [0, 0.1) is 26.6 Å². The second-order valence-corrected chi connectivity index (χ2v) is 8.40. The van der Waals surface area contributed by atoms with Crippen molar-refractivity contribution in [2.24, 2.45) is 0 Å². The first-order chi connectivity index (χ1) is 11.3. The van der Waals surface area contributed by atoms with Crippen LogP contribution in [0.4, 0.5) is 10.1 Å². The summed E-state index contributed by atoms with van der Waals surface area (Å²) < 4.78 is 46.1. The lowest BCUT2D eigenvalue weighted by Crippen LogP contribution is -2.12. The SMILES string of the molecule is Cc1cc(F)ccc1NS(=O)(=O)c1ccc(-c2onc(C)c2C)s1. The summed E-state index contributed by atoms with van der Waals surface area (Å²) in [7, 11) is -3.76. The predicted molar refractivity (Wildman–Crippen MR) is 91.2 cm³/mol. The summed E-state index contributed by atoms with van der Waals surface area (Å²) in [6.45, 7) is 5.34. The lowest BCUT2D eigenvalue weighted by Gasteiger charge is -2.09. The van der Waals surface area contributed by atoms with Gasteiger partial charge in [0.1, 0.15) is 10.0 Å². The van der Waals surface area contributed by atoms with E-state index in [1.165, 1.54) is 24.3 Å². The van der Waals surface area contributed by atoms with Gasteiger partial charge in [-0.3, -0.25) is 4.72 Å². The molecule has 0 saturated heterocycles. The van der Waals surface area contributed by atoms with Gasteiger partial charge in [-0.25, -0.2) is 12.8 Å². The van der Waals surface area contributed by atoms with Crippen molar-refractivity contribution in [2.75, 3.05) is 4.72 Å². The van der Waals surface area contributed by atoms with Crippen LogP contribution in [-0.4, -0.2) is 13.6 Å². The molecule has 0 aliphatic carbocycles. The minimum absolute atomic E-state index is 0.148. The summed E-state index contributed by atoms with van der Waals surface area (Å²) in [5.41, 5.74) is 2.50. The number of aryl methyl sites for hydroxylation is 2. The molecule has 3 aromatic rings. The Labute approximate surface area is 143 Å². The van der Waals surface area contributed by atoms with Gasteiger partial charge in [-0.2, -0.15) is 0 Å². The van der Waals surface area contributed by atoms with E-state index in [4.69, 9.17) is 4.52 Å². The number of nitrogens with zero attached hydrogens (tertiary/aromatic N) is 1. The highest BCUT2D eigenvalue weighted by molar-refractivity contribution is 7.94. The van der Waals surface area contributed by atoms with Crippen molar-refractivity contribution in [2.45, 2.75) is 25.0 Å². The maximum absolute atomic E-state index is 13.1. The summed E-state index contributed by atoms with van der Waals surface area (Å²) in [5.74, 6) is 0.155. The van der Waals surface area contributed by atoms with E-state index in [1.54, 1.807) is 13.0 Å². The van der Waals surface area contributed by atoms with Crippen LogP contribution < -0.4 is 4.72 Å². The van der Waals surface area contributed by atoms with Gasteiger partial charge in [-0.1, -0.05) is 5.16 Å². The molecule has 0 bridgehead atoms. The van der Waals surface area contributed by atoms with E-state index >= 15 is 0 Å². The standard InChI is InChI=1S/C16H15FN2O3S2/c1-9-8-12(17)4-5-13(9)19-24(20,21)15-7-6-14(23-15)16-10(2)11(3)18-22-16/h4-8,19H,1-3H3. The average molecular weight is 366 g/mol. The Morgan fingerprint density at radius 1 is 1.17 bits per heavy atom. The number of thiophene rings is 1. The van der Waals surface area contributed by atoms with Crippen molar-refractivity contribution in [3.05, 3.63) is 53.0 Å². The zero-order valence-corrected chi connectivity index (χ0v) is 14.9. The van der Waals surface area contributed by atoms with Crippen molar-refractivity contribution in [1.29, 1.82) is 0 Å². The first-order valence-electron chi connectivity index (χ1n) is 7.10. The lowest BCUT2D eigenvalue weighted by molar-refractivity contribution is 0.427. The largest absolute Gasteiger partial charge is 0.355 e. The van der Waals surface area contributed by atoms with Crippen LogP contribution in [0.15, 0.2) is 39.1 Å². The van der Waals surface area contributed by atoms with Crippen LogP contribution in [0.25, 0.3) is 10.6 Å². The quantitative estimate of drug-likeness (QED) is 0.748. The van der Waals surface area contributed by atoms with Crippen molar-refractivity contribution in [3.8, 4) is 10.6 Å². The molecule has 0 amide bonds. The highest BCUT2D eigenvalue weighted by Crippen LogP contribution is 2.34. The summed E-state index contributed by atoms with van der Waals surface area (Å²) in [5, 5.41) is 3.88. The molecule has 3 rings (SSSR count). The van der Waals surface area contributed by atoms with Gasteiger partial charge in [0, 0.05) is 5.56 Å². The van der Waals surface area contributed by atoms with E-state index in [2.05, 4.69) is 9.88 Å². The molecule has 0 spiro atoms. The van der Waals surface area contributed by atoms with E-state index in [1.807, 2.05) is 13.8 Å². The third-order valence-corrected chi connectivity index (χ3v) is 6.60. The summed E-state index contributed by atoms with van der Waals surface area (Å²) in [6, 6.07) is 7.09. The molecule has 126 valence electrons. The normalized spacial score (nSPS) is 11.7. The molecular formula is C16H15FN2O3S2. The molecule has 0 aliphatic heterocycles.